The molecule has 1 saturated heterocycles. The Morgan fingerprint density at radius 3 is 2.25 bits per heavy atom. The van der Waals surface area contributed by atoms with Gasteiger partial charge in [0.15, 0.2) is 0 Å². The van der Waals surface area contributed by atoms with Crippen LogP contribution in [0.15, 0.2) is 0 Å². The van der Waals surface area contributed by atoms with Crippen molar-refractivity contribution in [2.45, 2.75) is 58.4 Å². The van der Waals surface area contributed by atoms with Gasteiger partial charge in [0, 0.05) is 5.54 Å². The van der Waals surface area contributed by atoms with Gasteiger partial charge in [-0.05, 0) is 45.7 Å². The molecule has 1 fully saturated rings. The first-order valence-electron chi connectivity index (χ1n) is 6.63. The summed E-state index contributed by atoms with van der Waals surface area (Å²) in [5.41, 5.74) is -0.0210. The second-order valence-corrected chi connectivity index (χ2v) is 5.15. The van der Waals surface area contributed by atoms with E-state index in [4.69, 9.17) is 0 Å². The Morgan fingerprint density at radius 1 is 1.19 bits per heavy atom. The number of piperidine rings is 1. The predicted octanol–water partition coefficient (Wildman–Crippen LogP) is 2.17. The number of nitrogens with one attached hydrogen (secondary N) is 1. The summed E-state index contributed by atoms with van der Waals surface area (Å²) in [5.74, 6) is 0.188. The highest BCUT2D eigenvalue weighted by Gasteiger charge is 2.23. The zero-order valence-corrected chi connectivity index (χ0v) is 11.0. The molecule has 0 radical (unpaired) electrons. The topological polar surface area (TPSA) is 32.3 Å². The molecule has 0 unspecified atom stereocenters. The smallest absolute Gasteiger partial charge is 0.234 e. The first-order valence-corrected chi connectivity index (χ1v) is 6.63. The molecule has 1 N–H and O–H groups in total. The standard InChI is InChI=1S/C13H26N2O/c1-4-13(3,5-2)14-12(16)11-15-9-7-6-8-10-15/h4-11H2,1-3H3,(H,14,16). The van der Waals surface area contributed by atoms with Crippen molar-refractivity contribution in [3.8, 4) is 0 Å². The third kappa shape index (κ3) is 4.12. The number of rotatable bonds is 5. The van der Waals surface area contributed by atoms with Gasteiger partial charge in [-0.2, -0.15) is 0 Å². The van der Waals surface area contributed by atoms with Crippen LogP contribution < -0.4 is 5.32 Å². The van der Waals surface area contributed by atoms with Gasteiger partial charge in [0.25, 0.3) is 0 Å². The minimum absolute atomic E-state index is 0.0210. The largest absolute Gasteiger partial charge is 0.350 e. The second kappa shape index (κ2) is 6.24. The van der Waals surface area contributed by atoms with Crippen LogP contribution in [0.1, 0.15) is 52.9 Å². The van der Waals surface area contributed by atoms with Crippen molar-refractivity contribution in [1.29, 1.82) is 0 Å². The zero-order chi connectivity index (χ0) is 12.0. The Hall–Kier alpha value is -0.570. The molecule has 0 aromatic heterocycles. The van der Waals surface area contributed by atoms with Crippen LogP contribution in [0.4, 0.5) is 0 Å². The summed E-state index contributed by atoms with van der Waals surface area (Å²) in [5, 5.41) is 3.16. The van der Waals surface area contributed by atoms with Gasteiger partial charge in [-0.3, -0.25) is 9.69 Å². The quantitative estimate of drug-likeness (QED) is 0.779. The van der Waals surface area contributed by atoms with E-state index in [0.29, 0.717) is 6.54 Å². The molecule has 0 saturated carbocycles. The van der Waals surface area contributed by atoms with Gasteiger partial charge in [0.2, 0.25) is 5.91 Å². The van der Waals surface area contributed by atoms with Crippen LogP contribution in [0, 0.1) is 0 Å². The molecule has 0 aromatic rings. The van der Waals surface area contributed by atoms with Crippen LogP contribution >= 0.6 is 0 Å². The van der Waals surface area contributed by atoms with Crippen LogP contribution in [-0.2, 0) is 4.79 Å². The summed E-state index contributed by atoms with van der Waals surface area (Å²) in [6.07, 6.45) is 5.79. The van der Waals surface area contributed by atoms with Gasteiger partial charge in [-0.15, -0.1) is 0 Å². The minimum atomic E-state index is -0.0210. The number of amides is 1. The minimum Gasteiger partial charge on any atom is -0.350 e. The second-order valence-electron chi connectivity index (χ2n) is 5.15. The number of hydrogen-bond acceptors (Lipinski definition) is 2. The molecule has 1 aliphatic rings. The molecule has 0 atom stereocenters. The van der Waals surface area contributed by atoms with E-state index in [2.05, 4.69) is 31.0 Å². The average molecular weight is 226 g/mol. The fourth-order valence-corrected chi connectivity index (χ4v) is 2.12. The summed E-state index contributed by atoms with van der Waals surface area (Å²) >= 11 is 0. The molecule has 3 heteroatoms. The van der Waals surface area contributed by atoms with Crippen LogP contribution in [0.25, 0.3) is 0 Å². The molecule has 1 rings (SSSR count). The van der Waals surface area contributed by atoms with E-state index in [9.17, 15) is 4.79 Å². The van der Waals surface area contributed by atoms with Crippen LogP contribution in [0.5, 0.6) is 0 Å². The van der Waals surface area contributed by atoms with Gasteiger partial charge in [-0.1, -0.05) is 20.3 Å². The highest BCUT2D eigenvalue weighted by molar-refractivity contribution is 5.78. The highest BCUT2D eigenvalue weighted by atomic mass is 16.2. The number of carbonyl (C=O) groups excluding carboxylic acids is 1. The highest BCUT2D eigenvalue weighted by Crippen LogP contribution is 2.14. The molecule has 0 bridgehead atoms. The van der Waals surface area contributed by atoms with Gasteiger partial charge in [0.1, 0.15) is 0 Å². The van der Waals surface area contributed by atoms with Crippen LogP contribution in [-0.4, -0.2) is 36.0 Å². The molecular formula is C13H26N2O. The molecular weight excluding hydrogens is 200 g/mol. The lowest BCUT2D eigenvalue weighted by atomic mass is 9.95. The maximum Gasteiger partial charge on any atom is 0.234 e. The van der Waals surface area contributed by atoms with E-state index < -0.39 is 0 Å². The van der Waals surface area contributed by atoms with Gasteiger partial charge < -0.3 is 5.32 Å². The number of hydrogen-bond donors (Lipinski definition) is 1. The summed E-state index contributed by atoms with van der Waals surface area (Å²) in [6.45, 7) is 9.14. The molecule has 94 valence electrons. The third-order valence-electron chi connectivity index (χ3n) is 3.82. The molecule has 3 nitrogen and oxygen atoms in total. The first-order chi connectivity index (χ1) is 7.59. The maximum absolute atomic E-state index is 11.9. The van der Waals surface area contributed by atoms with Crippen LogP contribution in [0.2, 0.25) is 0 Å². The molecule has 1 amide bonds. The lowest BCUT2D eigenvalue weighted by molar-refractivity contribution is -0.124. The summed E-state index contributed by atoms with van der Waals surface area (Å²) in [4.78, 5) is 14.2. The molecule has 0 aromatic carbocycles. The van der Waals surface area contributed by atoms with Crippen molar-refractivity contribution in [2.24, 2.45) is 0 Å². The summed E-state index contributed by atoms with van der Waals surface area (Å²) in [7, 11) is 0. The molecule has 16 heavy (non-hydrogen) atoms. The molecule has 0 spiro atoms. The van der Waals surface area contributed by atoms with Gasteiger partial charge in [0.05, 0.1) is 6.54 Å². The first kappa shape index (κ1) is 13.5. The average Bonchev–Trinajstić information content (AvgIpc) is 2.30. The number of nitrogens with zero attached hydrogens (tertiary/aromatic N) is 1. The van der Waals surface area contributed by atoms with E-state index in [-0.39, 0.29) is 11.4 Å². The van der Waals surface area contributed by atoms with Gasteiger partial charge in [-0.25, -0.2) is 0 Å². The van der Waals surface area contributed by atoms with Crippen molar-refractivity contribution in [1.82, 2.24) is 10.2 Å². The number of likely N-dealkylation sites (tertiary alicyclic amines) is 1. The Balaban J connectivity index is 2.34. The van der Waals surface area contributed by atoms with E-state index in [0.717, 1.165) is 25.9 Å². The monoisotopic (exact) mass is 226 g/mol. The molecule has 1 heterocycles. The normalized spacial score (nSPS) is 18.4. The Bertz CT molecular complexity index is 218. The van der Waals surface area contributed by atoms with Crippen molar-refractivity contribution in [3.63, 3.8) is 0 Å². The van der Waals surface area contributed by atoms with Crippen molar-refractivity contribution in [3.05, 3.63) is 0 Å². The summed E-state index contributed by atoms with van der Waals surface area (Å²) < 4.78 is 0. The zero-order valence-electron chi connectivity index (χ0n) is 11.0. The molecule has 0 aliphatic carbocycles. The van der Waals surface area contributed by atoms with E-state index in [1.807, 2.05) is 0 Å². The predicted molar refractivity (Wildman–Crippen MR) is 67.4 cm³/mol. The maximum atomic E-state index is 11.9. The Kier molecular flexibility index (Phi) is 5.26. The lowest BCUT2D eigenvalue weighted by Crippen LogP contribution is -2.49. The third-order valence-corrected chi connectivity index (χ3v) is 3.82. The Labute approximate surface area is 99.6 Å². The van der Waals surface area contributed by atoms with Crippen molar-refractivity contribution < 1.29 is 4.79 Å². The van der Waals surface area contributed by atoms with Gasteiger partial charge >= 0.3 is 0 Å². The SMILES string of the molecule is CCC(C)(CC)NC(=O)CN1CCCCC1. The van der Waals surface area contributed by atoms with Crippen LogP contribution in [0.3, 0.4) is 0 Å². The fourth-order valence-electron chi connectivity index (χ4n) is 2.12. The Morgan fingerprint density at radius 2 is 1.75 bits per heavy atom. The fraction of sp³-hybridized carbons (Fsp3) is 0.923. The molecule has 1 aliphatic heterocycles. The van der Waals surface area contributed by atoms with E-state index >= 15 is 0 Å². The number of carbonyl (C=O) groups is 1. The van der Waals surface area contributed by atoms with Crippen molar-refractivity contribution >= 4 is 5.91 Å². The van der Waals surface area contributed by atoms with E-state index in [1.165, 1.54) is 19.3 Å². The lowest BCUT2D eigenvalue weighted by Gasteiger charge is -2.31. The van der Waals surface area contributed by atoms with E-state index in [1.54, 1.807) is 0 Å². The van der Waals surface area contributed by atoms with Crippen molar-refractivity contribution in [2.75, 3.05) is 19.6 Å². The summed E-state index contributed by atoms with van der Waals surface area (Å²) in [6, 6.07) is 0.